The fourth-order valence-corrected chi connectivity index (χ4v) is 4.19. The molecule has 2 aromatic carbocycles. The number of aromatic nitrogens is 5. The zero-order valence-electron chi connectivity index (χ0n) is 14.9. The molecule has 4 rings (SSSR count). The number of halogens is 3. The van der Waals surface area contributed by atoms with Crippen LogP contribution in [0.3, 0.4) is 0 Å². The van der Waals surface area contributed by atoms with E-state index in [1.54, 1.807) is 30.3 Å². The highest BCUT2D eigenvalue weighted by atomic mass is 35.5. The van der Waals surface area contributed by atoms with E-state index in [1.165, 1.54) is 11.8 Å². The number of hydrogen-bond donors (Lipinski definition) is 0. The fourth-order valence-electron chi connectivity index (χ4n) is 3.06. The smallest absolute Gasteiger partial charge is 0.302 e. The van der Waals surface area contributed by atoms with Gasteiger partial charge in [-0.05, 0) is 31.2 Å². The number of benzene rings is 2. The van der Waals surface area contributed by atoms with Crippen LogP contribution < -0.4 is 0 Å². The van der Waals surface area contributed by atoms with Gasteiger partial charge in [0.15, 0.2) is 11.0 Å². The number of imidazole rings is 1. The fraction of sp³-hybridized carbons (Fsp3) is 0.211. The second-order valence-electron chi connectivity index (χ2n) is 6.01. The monoisotopic (exact) mass is 419 g/mol. The zero-order chi connectivity index (χ0) is 19.7. The third-order valence-corrected chi connectivity index (χ3v) is 5.51. The summed E-state index contributed by atoms with van der Waals surface area (Å²) in [5.74, 6) is 1.25. The summed E-state index contributed by atoms with van der Waals surface area (Å²) >= 11 is 7.41. The first-order valence-electron chi connectivity index (χ1n) is 8.64. The summed E-state index contributed by atoms with van der Waals surface area (Å²) in [4.78, 5) is 4.37. The van der Waals surface area contributed by atoms with Gasteiger partial charge < -0.3 is 4.57 Å². The van der Waals surface area contributed by atoms with Gasteiger partial charge in [0.2, 0.25) is 0 Å². The molecule has 0 aliphatic heterocycles. The zero-order valence-corrected chi connectivity index (χ0v) is 16.5. The molecule has 0 aliphatic carbocycles. The van der Waals surface area contributed by atoms with Crippen molar-refractivity contribution in [3.8, 4) is 11.4 Å². The standard InChI is InChI=1S/C19H16ClF2N5S/c1-2-26-17(12-6-5-7-13(20)10-12)24-25-19(26)28-11-16-23-14-8-3-4-9-15(14)27(16)18(21)22/h3-10,18H,2,11H2,1H3. The van der Waals surface area contributed by atoms with E-state index in [4.69, 9.17) is 11.6 Å². The Balaban J connectivity index is 1.64. The molecule has 0 unspecified atom stereocenters. The van der Waals surface area contributed by atoms with E-state index in [-0.39, 0.29) is 5.75 Å². The van der Waals surface area contributed by atoms with E-state index in [1.807, 2.05) is 29.7 Å². The minimum Gasteiger partial charge on any atom is -0.302 e. The lowest BCUT2D eigenvalue weighted by Gasteiger charge is -2.09. The summed E-state index contributed by atoms with van der Waals surface area (Å²) in [7, 11) is 0. The van der Waals surface area contributed by atoms with Gasteiger partial charge in [0.1, 0.15) is 5.82 Å². The van der Waals surface area contributed by atoms with Crippen LogP contribution in [-0.4, -0.2) is 24.3 Å². The summed E-state index contributed by atoms with van der Waals surface area (Å²) in [6.45, 7) is -0.0349. The number of para-hydroxylation sites is 2. The lowest BCUT2D eigenvalue weighted by atomic mass is 10.2. The summed E-state index contributed by atoms with van der Waals surface area (Å²) in [6, 6.07) is 14.3. The average Bonchev–Trinajstić information content (AvgIpc) is 3.26. The van der Waals surface area contributed by atoms with Crippen molar-refractivity contribution in [3.63, 3.8) is 0 Å². The highest BCUT2D eigenvalue weighted by Gasteiger charge is 2.19. The molecule has 144 valence electrons. The minimum atomic E-state index is -2.66. The first kappa shape index (κ1) is 18.9. The van der Waals surface area contributed by atoms with E-state index >= 15 is 0 Å². The SMILES string of the molecule is CCn1c(SCc2nc3ccccc3n2C(F)F)nnc1-c1cccc(Cl)c1. The minimum absolute atomic E-state index is 0.257. The molecule has 5 nitrogen and oxygen atoms in total. The molecule has 2 heterocycles. The Morgan fingerprint density at radius 3 is 2.68 bits per heavy atom. The number of rotatable bonds is 6. The Kier molecular flexibility index (Phi) is 5.32. The van der Waals surface area contributed by atoms with Crippen LogP contribution in [0.4, 0.5) is 8.78 Å². The molecule has 0 N–H and O–H groups in total. The van der Waals surface area contributed by atoms with Gasteiger partial charge in [0.05, 0.1) is 16.8 Å². The Hall–Kier alpha value is -2.45. The topological polar surface area (TPSA) is 48.5 Å². The van der Waals surface area contributed by atoms with E-state index in [0.29, 0.717) is 39.4 Å². The summed E-state index contributed by atoms with van der Waals surface area (Å²) in [5, 5.41) is 9.77. The van der Waals surface area contributed by atoms with Crippen molar-refractivity contribution in [2.45, 2.75) is 30.9 Å². The van der Waals surface area contributed by atoms with Gasteiger partial charge in [0.25, 0.3) is 0 Å². The van der Waals surface area contributed by atoms with Gasteiger partial charge in [-0.1, -0.05) is 47.6 Å². The van der Waals surface area contributed by atoms with Crippen LogP contribution in [0.25, 0.3) is 22.4 Å². The van der Waals surface area contributed by atoms with Crippen molar-refractivity contribution in [2.24, 2.45) is 0 Å². The number of alkyl halides is 2. The number of fused-ring (bicyclic) bond motifs is 1. The Bertz CT molecular complexity index is 1120. The van der Waals surface area contributed by atoms with Crippen molar-refractivity contribution < 1.29 is 8.78 Å². The van der Waals surface area contributed by atoms with Crippen molar-refractivity contribution in [3.05, 3.63) is 59.4 Å². The lowest BCUT2D eigenvalue weighted by molar-refractivity contribution is 0.0722. The summed E-state index contributed by atoms with van der Waals surface area (Å²) < 4.78 is 30.1. The molecule has 0 atom stereocenters. The summed E-state index contributed by atoms with van der Waals surface area (Å²) in [5.41, 5.74) is 1.83. The van der Waals surface area contributed by atoms with Gasteiger partial charge in [-0.2, -0.15) is 8.78 Å². The summed E-state index contributed by atoms with van der Waals surface area (Å²) in [6.07, 6.45) is 0. The maximum atomic E-state index is 13.6. The predicted octanol–water partition coefficient (Wildman–Crippen LogP) is 5.66. The molecular formula is C19H16ClF2N5S. The van der Waals surface area contributed by atoms with Crippen molar-refractivity contribution >= 4 is 34.4 Å². The van der Waals surface area contributed by atoms with Crippen LogP contribution in [0, 0.1) is 0 Å². The third-order valence-electron chi connectivity index (χ3n) is 4.31. The predicted molar refractivity (Wildman–Crippen MR) is 107 cm³/mol. The quantitative estimate of drug-likeness (QED) is 0.378. The molecule has 0 saturated carbocycles. The van der Waals surface area contributed by atoms with Crippen LogP contribution in [0.15, 0.2) is 53.7 Å². The molecular weight excluding hydrogens is 404 g/mol. The maximum absolute atomic E-state index is 13.6. The third kappa shape index (κ3) is 3.49. The Labute approximate surface area is 169 Å². The van der Waals surface area contributed by atoms with Gasteiger partial charge in [-0.15, -0.1) is 10.2 Å². The molecule has 9 heteroatoms. The molecule has 0 spiro atoms. The van der Waals surface area contributed by atoms with Crippen LogP contribution in [0.1, 0.15) is 19.3 Å². The van der Waals surface area contributed by atoms with Gasteiger partial charge >= 0.3 is 6.55 Å². The first-order chi connectivity index (χ1) is 13.6. The molecule has 28 heavy (non-hydrogen) atoms. The number of hydrogen-bond acceptors (Lipinski definition) is 4. The number of nitrogens with zero attached hydrogens (tertiary/aromatic N) is 5. The molecule has 0 bridgehead atoms. The molecule has 0 radical (unpaired) electrons. The highest BCUT2D eigenvalue weighted by Crippen LogP contribution is 2.30. The maximum Gasteiger partial charge on any atom is 0.320 e. The second-order valence-corrected chi connectivity index (χ2v) is 7.39. The van der Waals surface area contributed by atoms with Crippen molar-refractivity contribution in [1.29, 1.82) is 0 Å². The van der Waals surface area contributed by atoms with E-state index < -0.39 is 6.55 Å². The molecule has 0 saturated heterocycles. The molecule has 0 fully saturated rings. The Morgan fingerprint density at radius 2 is 1.93 bits per heavy atom. The molecule has 2 aromatic heterocycles. The van der Waals surface area contributed by atoms with Crippen molar-refractivity contribution in [2.75, 3.05) is 0 Å². The van der Waals surface area contributed by atoms with E-state index in [2.05, 4.69) is 15.2 Å². The number of thioether (sulfide) groups is 1. The van der Waals surface area contributed by atoms with Crippen LogP contribution in [0.5, 0.6) is 0 Å². The van der Waals surface area contributed by atoms with Crippen LogP contribution in [-0.2, 0) is 12.3 Å². The van der Waals surface area contributed by atoms with Crippen molar-refractivity contribution in [1.82, 2.24) is 24.3 Å². The average molecular weight is 420 g/mol. The van der Waals surface area contributed by atoms with Gasteiger partial charge in [-0.3, -0.25) is 4.57 Å². The first-order valence-corrected chi connectivity index (χ1v) is 10.0. The molecule has 0 aliphatic rings. The van der Waals surface area contributed by atoms with Crippen LogP contribution in [0.2, 0.25) is 5.02 Å². The normalized spacial score (nSPS) is 11.6. The van der Waals surface area contributed by atoms with E-state index in [0.717, 1.165) is 10.1 Å². The lowest BCUT2D eigenvalue weighted by Crippen LogP contribution is -2.04. The second kappa shape index (κ2) is 7.89. The largest absolute Gasteiger partial charge is 0.320 e. The molecule has 0 amide bonds. The van der Waals surface area contributed by atoms with Gasteiger partial charge in [0, 0.05) is 17.1 Å². The van der Waals surface area contributed by atoms with Gasteiger partial charge in [-0.25, -0.2) is 4.98 Å². The Morgan fingerprint density at radius 1 is 1.11 bits per heavy atom. The van der Waals surface area contributed by atoms with E-state index in [9.17, 15) is 8.78 Å². The van der Waals surface area contributed by atoms with Crippen LogP contribution >= 0.6 is 23.4 Å². The molecule has 4 aromatic rings. The highest BCUT2D eigenvalue weighted by molar-refractivity contribution is 7.98.